The van der Waals surface area contributed by atoms with Crippen LogP contribution in [-0.2, 0) is 9.59 Å². The fourth-order valence-corrected chi connectivity index (χ4v) is 3.04. The van der Waals surface area contributed by atoms with Crippen LogP contribution in [0.1, 0.15) is 50.5 Å². The summed E-state index contributed by atoms with van der Waals surface area (Å²) < 4.78 is 0. The number of carbonyl (C=O) groups is 2. The van der Waals surface area contributed by atoms with Gasteiger partial charge in [0.2, 0.25) is 5.91 Å². The molecule has 21 heavy (non-hydrogen) atoms. The van der Waals surface area contributed by atoms with Gasteiger partial charge in [-0.3, -0.25) is 4.79 Å². The number of rotatable bonds is 5. The van der Waals surface area contributed by atoms with Crippen LogP contribution in [0.15, 0.2) is 30.3 Å². The summed E-state index contributed by atoms with van der Waals surface area (Å²) in [6.07, 6.45) is 4.07. The highest BCUT2D eigenvalue weighted by Gasteiger charge is 2.29. The summed E-state index contributed by atoms with van der Waals surface area (Å²) in [6.45, 7) is 1.77. The molecule has 1 amide bonds. The van der Waals surface area contributed by atoms with E-state index in [1.165, 1.54) is 5.56 Å². The highest BCUT2D eigenvalue weighted by Crippen LogP contribution is 2.35. The molecule has 4 nitrogen and oxygen atoms in total. The number of carboxylic acids is 1. The number of amides is 1. The van der Waals surface area contributed by atoms with Crippen molar-refractivity contribution in [1.29, 1.82) is 0 Å². The summed E-state index contributed by atoms with van der Waals surface area (Å²) in [5.74, 6) is -0.574. The molecule has 0 aromatic heterocycles. The first-order valence-corrected chi connectivity index (χ1v) is 7.70. The lowest BCUT2D eigenvalue weighted by molar-refractivity contribution is -0.142. The smallest absolute Gasteiger partial charge is 0.326 e. The molecule has 1 aliphatic rings. The van der Waals surface area contributed by atoms with E-state index in [1.807, 2.05) is 18.2 Å². The number of hydrogen-bond acceptors (Lipinski definition) is 2. The zero-order chi connectivity index (χ0) is 15.2. The molecule has 0 heterocycles. The number of carbonyl (C=O) groups excluding carboxylic acids is 1. The fourth-order valence-electron chi connectivity index (χ4n) is 3.04. The number of nitrogens with one attached hydrogen (secondary N) is 1. The zero-order valence-corrected chi connectivity index (χ0v) is 12.4. The Hall–Kier alpha value is -1.84. The van der Waals surface area contributed by atoms with Gasteiger partial charge in [0, 0.05) is 5.92 Å². The fraction of sp³-hybridized carbons (Fsp3) is 0.529. The quantitative estimate of drug-likeness (QED) is 0.875. The third-order valence-electron chi connectivity index (χ3n) is 4.39. The molecular formula is C17H23NO3. The van der Waals surface area contributed by atoms with Crippen molar-refractivity contribution in [2.75, 3.05) is 0 Å². The van der Waals surface area contributed by atoms with Gasteiger partial charge in [-0.05, 0) is 43.6 Å². The van der Waals surface area contributed by atoms with E-state index in [4.69, 9.17) is 5.11 Å². The topological polar surface area (TPSA) is 66.4 Å². The predicted octanol–water partition coefficient (Wildman–Crippen LogP) is 2.94. The Bertz CT molecular complexity index is 478. The van der Waals surface area contributed by atoms with Crippen LogP contribution in [0, 0.1) is 5.92 Å². The Labute approximate surface area is 125 Å². The highest BCUT2D eigenvalue weighted by atomic mass is 16.4. The molecule has 0 aliphatic heterocycles. The molecule has 114 valence electrons. The van der Waals surface area contributed by atoms with E-state index in [0.29, 0.717) is 12.3 Å². The van der Waals surface area contributed by atoms with Crippen molar-refractivity contribution in [3.05, 3.63) is 35.9 Å². The molecule has 1 atom stereocenters. The summed E-state index contributed by atoms with van der Waals surface area (Å²) in [4.78, 5) is 23.1. The van der Waals surface area contributed by atoms with Gasteiger partial charge in [-0.15, -0.1) is 0 Å². The van der Waals surface area contributed by atoms with Gasteiger partial charge >= 0.3 is 5.97 Å². The van der Waals surface area contributed by atoms with Crippen molar-refractivity contribution in [2.24, 2.45) is 5.92 Å². The van der Waals surface area contributed by atoms with Crippen LogP contribution in [0.2, 0.25) is 0 Å². The zero-order valence-electron chi connectivity index (χ0n) is 12.4. The Morgan fingerprint density at radius 1 is 1.19 bits per heavy atom. The second-order valence-electron chi connectivity index (χ2n) is 5.77. The number of aliphatic carboxylic acids is 1. The van der Waals surface area contributed by atoms with Gasteiger partial charge in [0.25, 0.3) is 0 Å². The maximum Gasteiger partial charge on any atom is 0.326 e. The van der Waals surface area contributed by atoms with Gasteiger partial charge in [-0.1, -0.05) is 37.3 Å². The van der Waals surface area contributed by atoms with Crippen molar-refractivity contribution in [1.82, 2.24) is 5.32 Å². The van der Waals surface area contributed by atoms with Gasteiger partial charge in [0.1, 0.15) is 6.04 Å². The first-order chi connectivity index (χ1) is 10.1. The molecule has 4 heteroatoms. The van der Waals surface area contributed by atoms with Crippen LogP contribution in [0.25, 0.3) is 0 Å². The molecule has 1 unspecified atom stereocenters. The van der Waals surface area contributed by atoms with Crippen molar-refractivity contribution >= 4 is 11.9 Å². The minimum atomic E-state index is -0.955. The van der Waals surface area contributed by atoms with Gasteiger partial charge < -0.3 is 10.4 Å². The molecule has 1 aromatic rings. The maximum absolute atomic E-state index is 12.1. The Morgan fingerprint density at radius 2 is 1.81 bits per heavy atom. The lowest BCUT2D eigenvalue weighted by Crippen LogP contribution is -2.43. The van der Waals surface area contributed by atoms with Crippen LogP contribution in [0.4, 0.5) is 0 Å². The number of carboxylic acid groups (broad SMARTS) is 1. The van der Waals surface area contributed by atoms with Gasteiger partial charge in [0.15, 0.2) is 0 Å². The van der Waals surface area contributed by atoms with E-state index in [2.05, 4.69) is 17.4 Å². The van der Waals surface area contributed by atoms with Crippen molar-refractivity contribution in [3.8, 4) is 0 Å². The summed E-state index contributed by atoms with van der Waals surface area (Å²) in [6, 6.07) is 9.63. The Kier molecular flexibility index (Phi) is 5.37. The van der Waals surface area contributed by atoms with E-state index in [0.717, 1.165) is 25.7 Å². The lowest BCUT2D eigenvalue weighted by Gasteiger charge is -2.28. The third kappa shape index (κ3) is 4.06. The molecule has 0 bridgehead atoms. The molecule has 2 rings (SSSR count). The molecule has 0 spiro atoms. The minimum absolute atomic E-state index is 0.0432. The standard InChI is InChI=1S/C17H23NO3/c1-2-15(17(20)21)18-16(19)14-10-8-13(9-11-14)12-6-4-3-5-7-12/h3-7,13-15H,2,8-11H2,1H3,(H,18,19)(H,20,21). The summed E-state index contributed by atoms with van der Waals surface area (Å²) >= 11 is 0. The highest BCUT2D eigenvalue weighted by molar-refractivity contribution is 5.84. The average molecular weight is 289 g/mol. The molecule has 1 fully saturated rings. The monoisotopic (exact) mass is 289 g/mol. The Balaban J connectivity index is 1.86. The average Bonchev–Trinajstić information content (AvgIpc) is 2.53. The second kappa shape index (κ2) is 7.25. The van der Waals surface area contributed by atoms with Crippen LogP contribution in [-0.4, -0.2) is 23.0 Å². The van der Waals surface area contributed by atoms with E-state index in [9.17, 15) is 9.59 Å². The largest absolute Gasteiger partial charge is 0.480 e. The van der Waals surface area contributed by atoms with Gasteiger partial charge in [0.05, 0.1) is 0 Å². The van der Waals surface area contributed by atoms with Crippen molar-refractivity contribution < 1.29 is 14.7 Å². The van der Waals surface area contributed by atoms with Crippen molar-refractivity contribution in [2.45, 2.75) is 51.0 Å². The lowest BCUT2D eigenvalue weighted by atomic mass is 9.78. The molecular weight excluding hydrogens is 266 g/mol. The minimum Gasteiger partial charge on any atom is -0.480 e. The first kappa shape index (κ1) is 15.5. The number of benzene rings is 1. The van der Waals surface area contributed by atoms with E-state index in [-0.39, 0.29) is 11.8 Å². The van der Waals surface area contributed by atoms with Crippen LogP contribution < -0.4 is 5.32 Å². The second-order valence-corrected chi connectivity index (χ2v) is 5.77. The molecule has 2 N–H and O–H groups in total. The third-order valence-corrected chi connectivity index (χ3v) is 4.39. The molecule has 0 saturated heterocycles. The normalized spacial score (nSPS) is 23.3. The first-order valence-electron chi connectivity index (χ1n) is 7.70. The Morgan fingerprint density at radius 3 is 2.33 bits per heavy atom. The van der Waals surface area contributed by atoms with E-state index in [1.54, 1.807) is 6.92 Å². The van der Waals surface area contributed by atoms with Crippen molar-refractivity contribution in [3.63, 3.8) is 0 Å². The summed E-state index contributed by atoms with van der Waals surface area (Å²) in [5, 5.41) is 11.6. The molecule has 1 aliphatic carbocycles. The number of hydrogen-bond donors (Lipinski definition) is 2. The molecule has 1 saturated carbocycles. The SMILES string of the molecule is CCC(NC(=O)C1CCC(c2ccccc2)CC1)C(=O)O. The molecule has 0 radical (unpaired) electrons. The van der Waals surface area contributed by atoms with E-state index >= 15 is 0 Å². The summed E-state index contributed by atoms with van der Waals surface area (Å²) in [7, 11) is 0. The van der Waals surface area contributed by atoms with Crippen LogP contribution >= 0.6 is 0 Å². The van der Waals surface area contributed by atoms with Gasteiger partial charge in [-0.2, -0.15) is 0 Å². The molecule has 1 aromatic carbocycles. The van der Waals surface area contributed by atoms with Crippen LogP contribution in [0.5, 0.6) is 0 Å². The van der Waals surface area contributed by atoms with Crippen LogP contribution in [0.3, 0.4) is 0 Å². The maximum atomic E-state index is 12.1. The predicted molar refractivity (Wildman–Crippen MR) is 81.0 cm³/mol. The van der Waals surface area contributed by atoms with E-state index < -0.39 is 12.0 Å². The van der Waals surface area contributed by atoms with Gasteiger partial charge in [-0.25, -0.2) is 4.79 Å². The summed E-state index contributed by atoms with van der Waals surface area (Å²) in [5.41, 5.74) is 1.34.